The van der Waals surface area contributed by atoms with E-state index in [0.717, 1.165) is 23.1 Å². The Morgan fingerprint density at radius 1 is 1.23 bits per heavy atom. The lowest BCUT2D eigenvalue weighted by Crippen LogP contribution is -2.08. The van der Waals surface area contributed by atoms with Gasteiger partial charge in [0.05, 0.1) is 10.9 Å². The Labute approximate surface area is 154 Å². The summed E-state index contributed by atoms with van der Waals surface area (Å²) in [6, 6.07) is 6.02. The van der Waals surface area contributed by atoms with Crippen molar-refractivity contribution in [3.63, 3.8) is 0 Å². The fourth-order valence-corrected chi connectivity index (χ4v) is 4.61. The number of carbonyl (C=O) groups excluding carboxylic acids is 1. The number of ether oxygens (including phenoxy) is 1. The minimum Gasteiger partial charge on any atom is -0.508 e. The molecule has 0 aliphatic heterocycles. The highest BCUT2D eigenvalue weighted by molar-refractivity contribution is 7.19. The summed E-state index contributed by atoms with van der Waals surface area (Å²) in [6.45, 7) is -0.0583. The predicted octanol–water partition coefficient (Wildman–Crippen LogP) is 3.61. The average molecular weight is 369 g/mol. The van der Waals surface area contributed by atoms with Crippen LogP contribution in [0, 0.1) is 0 Å². The normalized spacial score (nSPS) is 14.0. The van der Waals surface area contributed by atoms with Crippen LogP contribution in [0.3, 0.4) is 0 Å². The highest BCUT2D eigenvalue weighted by atomic mass is 32.1. The van der Waals surface area contributed by atoms with Gasteiger partial charge in [-0.1, -0.05) is 12.5 Å². The second kappa shape index (κ2) is 6.92. The van der Waals surface area contributed by atoms with Gasteiger partial charge in [0.1, 0.15) is 16.4 Å². The molecule has 0 atom stereocenters. The number of aryl methyl sites for hydroxylation is 2. The minimum atomic E-state index is -0.537. The number of esters is 1. The number of phenols is 1. The molecule has 6 nitrogen and oxygen atoms in total. The second-order valence-corrected chi connectivity index (χ2v) is 7.48. The predicted molar refractivity (Wildman–Crippen MR) is 100 cm³/mol. The zero-order valence-corrected chi connectivity index (χ0v) is 15.0. The monoisotopic (exact) mass is 369 g/mol. The number of aromatic hydroxyl groups is 1. The molecule has 3 aromatic rings. The molecule has 1 aromatic carbocycles. The van der Waals surface area contributed by atoms with E-state index in [9.17, 15) is 9.90 Å². The molecular weight excluding hydrogens is 350 g/mol. The number of anilines is 1. The van der Waals surface area contributed by atoms with Gasteiger partial charge in [0.2, 0.25) is 0 Å². The van der Waals surface area contributed by atoms with Crippen LogP contribution in [-0.4, -0.2) is 21.0 Å². The van der Waals surface area contributed by atoms with Crippen LogP contribution in [0.1, 0.15) is 45.9 Å². The number of phenolic OH excluding ortho intramolecular Hbond substituents is 1. The molecule has 2 heterocycles. The molecule has 0 fully saturated rings. The van der Waals surface area contributed by atoms with Crippen LogP contribution in [-0.2, 0) is 24.2 Å². The van der Waals surface area contributed by atoms with Crippen molar-refractivity contribution in [2.75, 3.05) is 5.73 Å². The molecule has 2 aromatic heterocycles. The molecule has 0 unspecified atom stereocenters. The Morgan fingerprint density at radius 2 is 2.08 bits per heavy atom. The summed E-state index contributed by atoms with van der Waals surface area (Å²) in [4.78, 5) is 23.2. The second-order valence-electron chi connectivity index (χ2n) is 6.40. The van der Waals surface area contributed by atoms with Gasteiger partial charge in [-0.2, -0.15) is 0 Å². The van der Waals surface area contributed by atoms with E-state index in [2.05, 4.69) is 9.97 Å². The molecule has 1 aliphatic carbocycles. The molecule has 0 amide bonds. The third kappa shape index (κ3) is 3.22. The summed E-state index contributed by atoms with van der Waals surface area (Å²) in [5.74, 6) is 0.323. The van der Waals surface area contributed by atoms with Crippen molar-refractivity contribution in [1.29, 1.82) is 0 Å². The Bertz CT molecular complexity index is 984. The summed E-state index contributed by atoms with van der Waals surface area (Å²) in [5.41, 5.74) is 7.77. The van der Waals surface area contributed by atoms with Crippen molar-refractivity contribution < 1.29 is 14.6 Å². The topological polar surface area (TPSA) is 98.3 Å². The smallest absolute Gasteiger partial charge is 0.338 e. The third-order valence-corrected chi connectivity index (χ3v) is 5.74. The highest BCUT2D eigenvalue weighted by Gasteiger charge is 2.19. The van der Waals surface area contributed by atoms with Crippen molar-refractivity contribution in [3.8, 4) is 5.75 Å². The van der Waals surface area contributed by atoms with Crippen molar-refractivity contribution in [1.82, 2.24) is 9.97 Å². The lowest BCUT2D eigenvalue weighted by molar-refractivity contribution is 0.0462. The Hall–Kier alpha value is -2.67. The first kappa shape index (κ1) is 16.8. The molecule has 7 heteroatoms. The van der Waals surface area contributed by atoms with Gasteiger partial charge in [-0.15, -0.1) is 11.3 Å². The Morgan fingerprint density at radius 3 is 2.92 bits per heavy atom. The van der Waals surface area contributed by atoms with Gasteiger partial charge in [-0.05, 0) is 49.4 Å². The van der Waals surface area contributed by atoms with Gasteiger partial charge in [0, 0.05) is 4.88 Å². The van der Waals surface area contributed by atoms with Gasteiger partial charge in [0.25, 0.3) is 0 Å². The van der Waals surface area contributed by atoms with Crippen LogP contribution in [0.2, 0.25) is 0 Å². The number of fused-ring (bicyclic) bond motifs is 3. The zero-order valence-electron chi connectivity index (χ0n) is 14.2. The number of thiophene rings is 1. The lowest BCUT2D eigenvalue weighted by Gasteiger charge is -2.06. The van der Waals surface area contributed by atoms with Gasteiger partial charge < -0.3 is 15.6 Å². The van der Waals surface area contributed by atoms with Gasteiger partial charge in [-0.3, -0.25) is 0 Å². The van der Waals surface area contributed by atoms with Crippen LogP contribution in [0.4, 0.5) is 5.82 Å². The van der Waals surface area contributed by atoms with Crippen LogP contribution in [0.25, 0.3) is 10.2 Å². The number of hydrogen-bond donors (Lipinski definition) is 2. The van der Waals surface area contributed by atoms with Crippen molar-refractivity contribution >= 4 is 33.3 Å². The molecule has 26 heavy (non-hydrogen) atoms. The summed E-state index contributed by atoms with van der Waals surface area (Å²) in [5, 5.41) is 10.4. The van der Waals surface area contributed by atoms with E-state index in [1.54, 1.807) is 23.5 Å². The van der Waals surface area contributed by atoms with Gasteiger partial charge in [0.15, 0.2) is 12.4 Å². The maximum Gasteiger partial charge on any atom is 0.338 e. The maximum atomic E-state index is 12.1. The Balaban J connectivity index is 1.57. The van der Waals surface area contributed by atoms with Crippen LogP contribution in [0.15, 0.2) is 24.3 Å². The number of nitrogens with zero attached hydrogens (tertiary/aromatic N) is 2. The van der Waals surface area contributed by atoms with Crippen LogP contribution >= 0.6 is 11.3 Å². The number of rotatable bonds is 3. The Kier molecular flexibility index (Phi) is 4.46. The number of carbonyl (C=O) groups is 1. The van der Waals surface area contributed by atoms with E-state index in [4.69, 9.17) is 10.5 Å². The fraction of sp³-hybridized carbons (Fsp3) is 0.316. The van der Waals surface area contributed by atoms with E-state index in [0.29, 0.717) is 11.6 Å². The number of nitrogens with two attached hydrogens (primary N) is 1. The number of aromatic nitrogens is 2. The maximum absolute atomic E-state index is 12.1. The molecule has 4 rings (SSSR count). The van der Waals surface area contributed by atoms with Crippen molar-refractivity contribution in [2.45, 2.75) is 38.7 Å². The first-order chi connectivity index (χ1) is 12.6. The molecule has 0 radical (unpaired) electrons. The average Bonchev–Trinajstić information content (AvgIpc) is 2.82. The fourth-order valence-electron chi connectivity index (χ4n) is 3.32. The van der Waals surface area contributed by atoms with E-state index in [-0.39, 0.29) is 17.9 Å². The molecule has 3 N–H and O–H groups in total. The van der Waals surface area contributed by atoms with E-state index < -0.39 is 5.97 Å². The van der Waals surface area contributed by atoms with E-state index in [1.807, 2.05) is 0 Å². The molecule has 1 aliphatic rings. The first-order valence-electron chi connectivity index (χ1n) is 8.64. The molecule has 0 saturated carbocycles. The number of benzene rings is 1. The molecule has 0 bridgehead atoms. The van der Waals surface area contributed by atoms with Gasteiger partial charge in [-0.25, -0.2) is 14.8 Å². The van der Waals surface area contributed by atoms with Gasteiger partial charge >= 0.3 is 5.97 Å². The van der Waals surface area contributed by atoms with Crippen molar-refractivity contribution in [2.24, 2.45) is 0 Å². The summed E-state index contributed by atoms with van der Waals surface area (Å²) in [6.07, 6.45) is 5.70. The zero-order chi connectivity index (χ0) is 18.1. The molecule has 0 saturated heterocycles. The SMILES string of the molecule is Nc1nc(COC(=O)c2cccc(O)c2)nc2sc3c(c12)CCCCC3. The molecule has 134 valence electrons. The highest BCUT2D eigenvalue weighted by Crippen LogP contribution is 2.37. The first-order valence-corrected chi connectivity index (χ1v) is 9.46. The van der Waals surface area contributed by atoms with Crippen molar-refractivity contribution in [3.05, 3.63) is 46.1 Å². The quantitative estimate of drug-likeness (QED) is 0.541. The number of hydrogen-bond acceptors (Lipinski definition) is 7. The molecule has 0 spiro atoms. The van der Waals surface area contributed by atoms with E-state index in [1.165, 1.54) is 41.8 Å². The minimum absolute atomic E-state index is 0.0152. The standard InChI is InChI=1S/C19H19N3O3S/c20-17-16-13-7-2-1-3-8-14(13)26-18(16)22-15(21-17)10-25-19(24)11-5-4-6-12(23)9-11/h4-6,9,23H,1-3,7-8,10H2,(H2,20,21,22). The lowest BCUT2D eigenvalue weighted by atomic mass is 10.1. The summed E-state index contributed by atoms with van der Waals surface area (Å²) < 4.78 is 5.27. The summed E-state index contributed by atoms with van der Waals surface area (Å²) in [7, 11) is 0. The number of nitrogen functional groups attached to an aromatic ring is 1. The largest absolute Gasteiger partial charge is 0.508 e. The molecular formula is C19H19N3O3S. The third-order valence-electron chi connectivity index (χ3n) is 4.55. The van der Waals surface area contributed by atoms with Crippen LogP contribution < -0.4 is 5.73 Å². The van der Waals surface area contributed by atoms with Crippen LogP contribution in [0.5, 0.6) is 5.75 Å². The van der Waals surface area contributed by atoms with E-state index >= 15 is 0 Å². The summed E-state index contributed by atoms with van der Waals surface area (Å²) >= 11 is 1.67.